The topological polar surface area (TPSA) is 143 Å². The fourth-order valence-electron chi connectivity index (χ4n) is 3.22. The molecule has 1 heterocycles. The number of nitrogen functional groups attached to an aromatic ring is 1. The molecule has 8 nitrogen and oxygen atoms in total. The molecular formula is C21H21N3O5S3. The monoisotopic (exact) mass is 491 g/mol. The minimum Gasteiger partial charge on any atom is -0.497 e. The first kappa shape index (κ1) is 23.6. The molecule has 5 N–H and O–H groups in total. The lowest BCUT2D eigenvalue weighted by atomic mass is 9.98. The summed E-state index contributed by atoms with van der Waals surface area (Å²) in [7, 11) is -2.39. The summed E-state index contributed by atoms with van der Waals surface area (Å²) < 4.78 is 32.6. The standard InChI is InChI=1S/C21H21N3O5S3/c1-11-7-13(29-2)9-15(22)18(11)12-5-4-6-14(8-12)32(27,28)17-10-16(31-20(17)30-3)19(23)24-21(25)26/h4-10H,22H2,1-3H3,(H2,23,24)(H,25,26). The van der Waals surface area contributed by atoms with Crippen LogP contribution in [0.1, 0.15) is 10.4 Å². The molecule has 1 aromatic heterocycles. The summed E-state index contributed by atoms with van der Waals surface area (Å²) in [4.78, 5) is 11.1. The Bertz CT molecular complexity index is 1290. The van der Waals surface area contributed by atoms with E-state index in [1.54, 1.807) is 37.6 Å². The van der Waals surface area contributed by atoms with Gasteiger partial charge in [0.05, 0.1) is 26.0 Å². The van der Waals surface area contributed by atoms with Crippen LogP contribution in [0.15, 0.2) is 56.5 Å². The van der Waals surface area contributed by atoms with Gasteiger partial charge in [0.2, 0.25) is 9.84 Å². The number of anilines is 1. The molecule has 3 rings (SSSR count). The number of thiophene rings is 1. The van der Waals surface area contributed by atoms with E-state index >= 15 is 0 Å². The number of nitrogens with one attached hydrogen (secondary N) is 2. The Morgan fingerprint density at radius 1 is 1.25 bits per heavy atom. The average Bonchev–Trinajstić information content (AvgIpc) is 3.18. The molecule has 0 saturated heterocycles. The molecule has 0 saturated carbocycles. The van der Waals surface area contributed by atoms with Gasteiger partial charge >= 0.3 is 6.09 Å². The summed E-state index contributed by atoms with van der Waals surface area (Å²) in [6, 6.07) is 11.3. The number of rotatable bonds is 6. The van der Waals surface area contributed by atoms with E-state index < -0.39 is 15.9 Å². The van der Waals surface area contributed by atoms with Crippen molar-refractivity contribution in [3.63, 3.8) is 0 Å². The van der Waals surface area contributed by atoms with Crippen molar-refractivity contribution in [2.24, 2.45) is 0 Å². The Morgan fingerprint density at radius 3 is 2.56 bits per heavy atom. The van der Waals surface area contributed by atoms with E-state index in [1.165, 1.54) is 23.9 Å². The van der Waals surface area contributed by atoms with E-state index in [0.29, 0.717) is 26.8 Å². The Kier molecular flexibility index (Phi) is 6.82. The molecular weight excluding hydrogens is 470 g/mol. The number of ether oxygens (including phenoxy) is 1. The van der Waals surface area contributed by atoms with E-state index in [2.05, 4.69) is 0 Å². The van der Waals surface area contributed by atoms with Crippen molar-refractivity contribution in [3.05, 3.63) is 52.9 Å². The summed E-state index contributed by atoms with van der Waals surface area (Å²) in [5, 5.41) is 18.7. The molecule has 0 atom stereocenters. The second-order valence-corrected chi connectivity index (χ2v) is 10.8. The number of hydrogen-bond acceptors (Lipinski definition) is 8. The molecule has 0 spiro atoms. The first-order valence-corrected chi connectivity index (χ1v) is 12.7. The smallest absolute Gasteiger partial charge is 0.410 e. The third kappa shape index (κ3) is 4.59. The number of nitrogens with two attached hydrogens (primary N) is 1. The van der Waals surface area contributed by atoms with Crippen LogP contribution in [0.4, 0.5) is 10.5 Å². The number of sulfone groups is 1. The maximum Gasteiger partial charge on any atom is 0.410 e. The van der Waals surface area contributed by atoms with E-state index in [1.807, 2.05) is 18.3 Å². The van der Waals surface area contributed by atoms with Crippen LogP contribution in [-0.4, -0.2) is 38.8 Å². The van der Waals surface area contributed by atoms with Gasteiger partial charge < -0.3 is 15.6 Å². The Morgan fingerprint density at radius 2 is 1.97 bits per heavy atom. The third-order valence-corrected chi connectivity index (χ3v) is 8.95. The molecule has 0 aliphatic carbocycles. The van der Waals surface area contributed by atoms with Gasteiger partial charge in [-0.05, 0) is 48.6 Å². The number of aryl methyl sites for hydroxylation is 1. The van der Waals surface area contributed by atoms with Gasteiger partial charge in [-0.1, -0.05) is 12.1 Å². The highest BCUT2D eigenvalue weighted by Gasteiger charge is 2.26. The van der Waals surface area contributed by atoms with E-state index in [4.69, 9.17) is 21.0 Å². The van der Waals surface area contributed by atoms with Crippen molar-refractivity contribution in [2.45, 2.75) is 20.9 Å². The van der Waals surface area contributed by atoms with E-state index in [-0.39, 0.29) is 20.5 Å². The lowest BCUT2D eigenvalue weighted by Crippen LogP contribution is -2.27. The van der Waals surface area contributed by atoms with Crippen LogP contribution in [0, 0.1) is 12.3 Å². The van der Waals surface area contributed by atoms with E-state index in [0.717, 1.165) is 16.9 Å². The Balaban J connectivity index is 2.09. The van der Waals surface area contributed by atoms with Crippen LogP contribution in [0.3, 0.4) is 0 Å². The van der Waals surface area contributed by atoms with Crippen molar-refractivity contribution in [2.75, 3.05) is 19.1 Å². The molecule has 2 aromatic carbocycles. The van der Waals surface area contributed by atoms with Gasteiger partial charge in [0.25, 0.3) is 0 Å². The highest BCUT2D eigenvalue weighted by atomic mass is 32.2. The number of methoxy groups -OCH3 is 1. The molecule has 168 valence electrons. The zero-order valence-electron chi connectivity index (χ0n) is 17.4. The SMILES string of the molecule is COc1cc(C)c(-c2cccc(S(=O)(=O)c3cc(C(=N)NC(=O)O)sc3SC)c2)c(N)c1. The molecule has 3 aromatic rings. The lowest BCUT2D eigenvalue weighted by Gasteiger charge is -2.13. The number of carboxylic acid groups (broad SMARTS) is 1. The number of hydrogen-bond donors (Lipinski definition) is 4. The van der Waals surface area contributed by atoms with Crippen molar-refractivity contribution < 1.29 is 23.1 Å². The summed E-state index contributed by atoms with van der Waals surface area (Å²) in [6.45, 7) is 1.87. The van der Waals surface area contributed by atoms with Gasteiger partial charge in [-0.3, -0.25) is 10.7 Å². The number of carbonyl (C=O) groups is 1. The number of thioether (sulfide) groups is 1. The second-order valence-electron chi connectivity index (χ2n) is 6.71. The fraction of sp³-hybridized carbons (Fsp3) is 0.143. The summed E-state index contributed by atoms with van der Waals surface area (Å²) >= 11 is 2.26. The highest BCUT2D eigenvalue weighted by Crippen LogP contribution is 2.39. The van der Waals surface area contributed by atoms with Crippen LogP contribution < -0.4 is 15.8 Å². The largest absolute Gasteiger partial charge is 0.497 e. The maximum atomic E-state index is 13.5. The minimum absolute atomic E-state index is 0.0264. The molecule has 32 heavy (non-hydrogen) atoms. The third-order valence-electron chi connectivity index (χ3n) is 4.63. The number of benzene rings is 2. The molecule has 0 bridgehead atoms. The van der Waals surface area contributed by atoms with Crippen LogP contribution in [-0.2, 0) is 9.84 Å². The molecule has 0 unspecified atom stereocenters. The van der Waals surface area contributed by atoms with Gasteiger partial charge in [0, 0.05) is 17.3 Å². The summed E-state index contributed by atoms with van der Waals surface area (Å²) in [6.07, 6.45) is 0.333. The zero-order valence-corrected chi connectivity index (χ0v) is 19.9. The Hall–Kier alpha value is -3.02. The van der Waals surface area contributed by atoms with Crippen molar-refractivity contribution in [3.8, 4) is 16.9 Å². The van der Waals surface area contributed by atoms with Crippen LogP contribution in [0.25, 0.3) is 11.1 Å². The number of amidine groups is 1. The van der Waals surface area contributed by atoms with Gasteiger partial charge in [0.1, 0.15) is 11.6 Å². The minimum atomic E-state index is -3.94. The maximum absolute atomic E-state index is 13.5. The molecule has 0 aliphatic rings. The van der Waals surface area contributed by atoms with Gasteiger partial charge in [-0.2, -0.15) is 0 Å². The fourth-order valence-corrected chi connectivity index (χ4v) is 7.16. The molecule has 0 radical (unpaired) electrons. The average molecular weight is 492 g/mol. The molecule has 0 fully saturated rings. The normalized spacial score (nSPS) is 11.2. The summed E-state index contributed by atoms with van der Waals surface area (Å²) in [5.74, 6) is 0.231. The van der Waals surface area contributed by atoms with Crippen molar-refractivity contribution in [1.82, 2.24) is 5.32 Å². The molecule has 0 aliphatic heterocycles. The van der Waals surface area contributed by atoms with Crippen molar-refractivity contribution >= 4 is 50.6 Å². The van der Waals surface area contributed by atoms with Crippen LogP contribution >= 0.6 is 23.1 Å². The summed E-state index contributed by atoms with van der Waals surface area (Å²) in [5.41, 5.74) is 8.88. The molecule has 11 heteroatoms. The second kappa shape index (κ2) is 9.23. The highest BCUT2D eigenvalue weighted by molar-refractivity contribution is 8.01. The van der Waals surface area contributed by atoms with E-state index in [9.17, 15) is 13.2 Å². The van der Waals surface area contributed by atoms with Crippen LogP contribution in [0.5, 0.6) is 5.75 Å². The van der Waals surface area contributed by atoms with Gasteiger partial charge in [-0.15, -0.1) is 23.1 Å². The predicted octanol–water partition coefficient (Wildman–Crippen LogP) is 4.46. The molecule has 1 amide bonds. The van der Waals surface area contributed by atoms with Gasteiger partial charge in [0.15, 0.2) is 0 Å². The Labute approximate surface area is 193 Å². The first-order valence-electron chi connectivity index (χ1n) is 9.14. The van der Waals surface area contributed by atoms with Gasteiger partial charge in [-0.25, -0.2) is 13.2 Å². The zero-order chi connectivity index (χ0) is 23.6. The number of amides is 1. The first-order chi connectivity index (χ1) is 15.1. The van der Waals surface area contributed by atoms with Crippen molar-refractivity contribution in [1.29, 1.82) is 5.41 Å². The van der Waals surface area contributed by atoms with Crippen LogP contribution in [0.2, 0.25) is 0 Å². The predicted molar refractivity (Wildman–Crippen MR) is 127 cm³/mol. The quantitative estimate of drug-likeness (QED) is 0.172. The lowest BCUT2D eigenvalue weighted by molar-refractivity contribution is 0.200.